The summed E-state index contributed by atoms with van der Waals surface area (Å²) in [5, 5.41) is 9.72. The van der Waals surface area contributed by atoms with Crippen LogP contribution in [0.1, 0.15) is 48.7 Å². The number of benzene rings is 1. The topological polar surface area (TPSA) is 81.2 Å². The molecule has 0 bridgehead atoms. The minimum atomic E-state index is -3.52. The van der Waals surface area contributed by atoms with Crippen LogP contribution in [0, 0.1) is 0 Å². The van der Waals surface area contributed by atoms with Gasteiger partial charge in [0.25, 0.3) is 10.0 Å². The van der Waals surface area contributed by atoms with Crippen molar-refractivity contribution in [3.05, 3.63) is 59.6 Å². The lowest BCUT2D eigenvalue weighted by atomic mass is 10.2. The van der Waals surface area contributed by atoms with Crippen LogP contribution in [0.15, 0.2) is 57.1 Å². The highest BCUT2D eigenvalue weighted by Crippen LogP contribution is 2.40. The van der Waals surface area contributed by atoms with Crippen molar-refractivity contribution < 1.29 is 12.8 Å². The molecule has 1 aliphatic heterocycles. The molecule has 0 spiro atoms. The Morgan fingerprint density at radius 3 is 2.53 bits per heavy atom. The summed E-state index contributed by atoms with van der Waals surface area (Å²) in [4.78, 5) is 0. The Labute approximate surface area is 180 Å². The number of sulfonamides is 1. The summed E-state index contributed by atoms with van der Waals surface area (Å²) >= 11 is 1.53. The van der Waals surface area contributed by atoms with E-state index in [-0.39, 0.29) is 5.09 Å². The SMILES string of the molecule is O=S(=O)(c1ccc(CSc2nnc(C3CC3)n2Cc2ccccc2)o1)N1CCCC1. The maximum atomic E-state index is 12.7. The molecule has 1 saturated carbocycles. The molecule has 1 saturated heterocycles. The van der Waals surface area contributed by atoms with Crippen molar-refractivity contribution in [2.45, 2.75) is 54.1 Å². The fraction of sp³-hybridized carbons (Fsp3) is 0.429. The number of nitrogens with zero attached hydrogens (tertiary/aromatic N) is 4. The molecule has 9 heteroatoms. The fourth-order valence-electron chi connectivity index (χ4n) is 3.73. The molecule has 0 atom stereocenters. The van der Waals surface area contributed by atoms with E-state index in [4.69, 9.17) is 4.42 Å². The summed E-state index contributed by atoms with van der Waals surface area (Å²) in [6, 6.07) is 13.6. The second kappa shape index (κ2) is 8.20. The molecule has 0 unspecified atom stereocenters. The number of rotatable bonds is 8. The first-order valence-electron chi connectivity index (χ1n) is 10.3. The van der Waals surface area contributed by atoms with E-state index in [1.54, 1.807) is 12.1 Å². The molecule has 1 aliphatic carbocycles. The third-order valence-corrected chi connectivity index (χ3v) is 8.27. The van der Waals surface area contributed by atoms with Gasteiger partial charge in [-0.1, -0.05) is 42.1 Å². The largest absolute Gasteiger partial charge is 0.447 e. The van der Waals surface area contributed by atoms with Gasteiger partial charge in [-0.25, -0.2) is 8.42 Å². The van der Waals surface area contributed by atoms with Crippen LogP contribution in [0.5, 0.6) is 0 Å². The molecular weight excluding hydrogens is 420 g/mol. The molecule has 2 aliphatic rings. The maximum absolute atomic E-state index is 12.7. The van der Waals surface area contributed by atoms with Gasteiger partial charge in [0.2, 0.25) is 5.09 Å². The van der Waals surface area contributed by atoms with Crippen molar-refractivity contribution in [3.63, 3.8) is 0 Å². The van der Waals surface area contributed by atoms with E-state index in [2.05, 4.69) is 26.9 Å². The lowest BCUT2D eigenvalue weighted by molar-refractivity contribution is 0.397. The van der Waals surface area contributed by atoms with Crippen molar-refractivity contribution in [1.29, 1.82) is 0 Å². The Morgan fingerprint density at radius 1 is 1.03 bits per heavy atom. The van der Waals surface area contributed by atoms with Gasteiger partial charge in [0.15, 0.2) is 5.16 Å². The van der Waals surface area contributed by atoms with E-state index in [9.17, 15) is 8.42 Å². The van der Waals surface area contributed by atoms with Crippen molar-refractivity contribution in [1.82, 2.24) is 19.1 Å². The monoisotopic (exact) mass is 444 g/mol. The Balaban J connectivity index is 1.32. The van der Waals surface area contributed by atoms with Crippen LogP contribution in [-0.4, -0.2) is 40.6 Å². The maximum Gasteiger partial charge on any atom is 0.276 e. The lowest BCUT2D eigenvalue weighted by Gasteiger charge is -2.12. The smallest absolute Gasteiger partial charge is 0.276 e. The van der Waals surface area contributed by atoms with E-state index in [0.29, 0.717) is 30.5 Å². The van der Waals surface area contributed by atoms with Crippen LogP contribution in [0.25, 0.3) is 0 Å². The molecule has 7 nitrogen and oxygen atoms in total. The van der Waals surface area contributed by atoms with Gasteiger partial charge in [-0.3, -0.25) is 0 Å². The van der Waals surface area contributed by atoms with Crippen molar-refractivity contribution in [2.75, 3.05) is 13.1 Å². The number of hydrogen-bond donors (Lipinski definition) is 0. The van der Waals surface area contributed by atoms with Crippen molar-refractivity contribution >= 4 is 21.8 Å². The average Bonchev–Trinajstić information content (AvgIpc) is 3.17. The van der Waals surface area contributed by atoms with Crippen molar-refractivity contribution in [2.24, 2.45) is 0 Å². The molecule has 0 radical (unpaired) electrons. The van der Waals surface area contributed by atoms with Gasteiger partial charge < -0.3 is 8.98 Å². The van der Waals surface area contributed by atoms with Gasteiger partial charge in [-0.05, 0) is 43.4 Å². The lowest BCUT2D eigenvalue weighted by Crippen LogP contribution is -2.27. The minimum absolute atomic E-state index is 0.0319. The molecule has 0 amide bonds. The first kappa shape index (κ1) is 19.8. The van der Waals surface area contributed by atoms with Crippen LogP contribution >= 0.6 is 11.8 Å². The predicted molar refractivity (Wildman–Crippen MR) is 114 cm³/mol. The molecule has 5 rings (SSSR count). The van der Waals surface area contributed by atoms with E-state index >= 15 is 0 Å². The summed E-state index contributed by atoms with van der Waals surface area (Å²) in [6.45, 7) is 1.87. The van der Waals surface area contributed by atoms with Crippen LogP contribution in [-0.2, 0) is 22.3 Å². The second-order valence-corrected chi connectivity index (χ2v) is 10.6. The molecule has 2 aromatic heterocycles. The van der Waals surface area contributed by atoms with E-state index in [1.807, 2.05) is 18.2 Å². The molecular formula is C21H24N4O3S2. The van der Waals surface area contributed by atoms with Gasteiger partial charge in [0.1, 0.15) is 11.6 Å². The Morgan fingerprint density at radius 2 is 1.80 bits per heavy atom. The van der Waals surface area contributed by atoms with Crippen LogP contribution in [0.3, 0.4) is 0 Å². The van der Waals surface area contributed by atoms with E-state index in [0.717, 1.165) is 43.2 Å². The molecule has 1 aromatic carbocycles. The molecule has 158 valence electrons. The third-order valence-electron chi connectivity index (χ3n) is 5.51. The van der Waals surface area contributed by atoms with Gasteiger partial charge in [-0.15, -0.1) is 10.2 Å². The average molecular weight is 445 g/mol. The van der Waals surface area contributed by atoms with Crippen LogP contribution in [0.2, 0.25) is 0 Å². The van der Waals surface area contributed by atoms with Gasteiger partial charge >= 0.3 is 0 Å². The Bertz CT molecular complexity index is 1110. The fourth-order valence-corrected chi connectivity index (χ4v) is 6.02. The predicted octanol–water partition coefficient (Wildman–Crippen LogP) is 3.87. The van der Waals surface area contributed by atoms with Gasteiger partial charge in [0, 0.05) is 19.0 Å². The summed E-state index contributed by atoms with van der Waals surface area (Å²) in [5.41, 5.74) is 1.21. The highest BCUT2D eigenvalue weighted by atomic mass is 32.2. The minimum Gasteiger partial charge on any atom is -0.447 e. The van der Waals surface area contributed by atoms with Crippen LogP contribution < -0.4 is 0 Å². The molecule has 0 N–H and O–H groups in total. The zero-order valence-corrected chi connectivity index (χ0v) is 18.2. The highest BCUT2D eigenvalue weighted by molar-refractivity contribution is 7.98. The Kier molecular flexibility index (Phi) is 5.43. The van der Waals surface area contributed by atoms with Crippen LogP contribution in [0.4, 0.5) is 0 Å². The standard InChI is InChI=1S/C21H24N4O3S2/c26-30(27,24-12-4-5-13-24)19-11-10-18(28-19)15-29-21-23-22-20(17-8-9-17)25(21)14-16-6-2-1-3-7-16/h1-3,6-7,10-11,17H,4-5,8-9,12-15H2. The first-order valence-corrected chi connectivity index (χ1v) is 12.7. The summed E-state index contributed by atoms with van der Waals surface area (Å²) in [5.74, 6) is 2.67. The quantitative estimate of drug-likeness (QED) is 0.491. The van der Waals surface area contributed by atoms with E-state index in [1.165, 1.54) is 21.6 Å². The third kappa shape index (κ3) is 4.06. The van der Waals surface area contributed by atoms with Gasteiger partial charge in [-0.2, -0.15) is 4.31 Å². The molecule has 3 aromatic rings. The summed E-state index contributed by atoms with van der Waals surface area (Å²) < 4.78 is 34.7. The molecule has 3 heterocycles. The van der Waals surface area contributed by atoms with Gasteiger partial charge in [0.05, 0.1) is 12.3 Å². The zero-order chi connectivity index (χ0) is 20.6. The highest BCUT2D eigenvalue weighted by Gasteiger charge is 2.31. The summed E-state index contributed by atoms with van der Waals surface area (Å²) in [6.07, 6.45) is 4.13. The summed E-state index contributed by atoms with van der Waals surface area (Å²) in [7, 11) is -3.52. The number of furan rings is 1. The normalized spacial score (nSPS) is 17.6. The Hall–Kier alpha value is -2.10. The van der Waals surface area contributed by atoms with Crippen molar-refractivity contribution in [3.8, 4) is 0 Å². The number of hydrogen-bond acceptors (Lipinski definition) is 6. The first-order chi connectivity index (χ1) is 14.6. The number of thioether (sulfide) groups is 1. The molecule has 2 fully saturated rings. The second-order valence-electron chi connectivity index (χ2n) is 7.81. The van der Waals surface area contributed by atoms with E-state index < -0.39 is 10.0 Å². The number of aromatic nitrogens is 3. The molecule has 30 heavy (non-hydrogen) atoms. The zero-order valence-electron chi connectivity index (χ0n) is 16.6.